The maximum Gasteiger partial charge on any atom is 0.139 e. The average molecular weight is 393 g/mol. The summed E-state index contributed by atoms with van der Waals surface area (Å²) in [4.78, 5) is 0. The van der Waals surface area contributed by atoms with Gasteiger partial charge in [0.1, 0.15) is 11.9 Å². The van der Waals surface area contributed by atoms with Gasteiger partial charge in [0, 0.05) is 28.4 Å². The van der Waals surface area contributed by atoms with Gasteiger partial charge >= 0.3 is 0 Å². The Morgan fingerprint density at radius 1 is 1.10 bits per heavy atom. The van der Waals surface area contributed by atoms with Crippen molar-refractivity contribution in [2.24, 2.45) is 11.1 Å². The van der Waals surface area contributed by atoms with E-state index in [0.717, 1.165) is 10.9 Å². The number of hydrogen-bond donors (Lipinski definition) is 1. The van der Waals surface area contributed by atoms with E-state index in [9.17, 15) is 0 Å². The van der Waals surface area contributed by atoms with E-state index in [1.165, 1.54) is 38.5 Å². The van der Waals surface area contributed by atoms with Gasteiger partial charge in [0.2, 0.25) is 0 Å². The van der Waals surface area contributed by atoms with Crippen molar-refractivity contribution in [3.63, 3.8) is 0 Å². The first-order valence-electron chi connectivity index (χ1n) is 7.60. The average Bonchev–Trinajstić information content (AvgIpc) is 2.72. The fourth-order valence-electron chi connectivity index (χ4n) is 3.77. The second-order valence-electron chi connectivity index (χ2n) is 6.29. The zero-order valence-corrected chi connectivity index (χ0v) is 15.0. The van der Waals surface area contributed by atoms with Crippen molar-refractivity contribution in [1.29, 1.82) is 0 Å². The molecule has 1 spiro atoms. The van der Waals surface area contributed by atoms with E-state index < -0.39 is 0 Å². The summed E-state index contributed by atoms with van der Waals surface area (Å²) in [5, 5.41) is 1.21. The van der Waals surface area contributed by atoms with E-state index in [2.05, 4.69) is 15.9 Å². The maximum atomic E-state index is 6.35. The van der Waals surface area contributed by atoms with Crippen LogP contribution >= 0.6 is 39.1 Å². The van der Waals surface area contributed by atoms with Crippen LogP contribution in [0.1, 0.15) is 44.9 Å². The zero-order chi connectivity index (χ0) is 15.0. The molecule has 0 heterocycles. The summed E-state index contributed by atoms with van der Waals surface area (Å²) < 4.78 is 7.01. The molecule has 2 aliphatic carbocycles. The highest BCUT2D eigenvalue weighted by Crippen LogP contribution is 2.52. The van der Waals surface area contributed by atoms with E-state index in [-0.39, 0.29) is 17.6 Å². The number of ether oxygens (including phenoxy) is 1. The highest BCUT2D eigenvalue weighted by Gasteiger charge is 2.54. The van der Waals surface area contributed by atoms with Gasteiger partial charge < -0.3 is 10.5 Å². The largest absolute Gasteiger partial charge is 0.488 e. The summed E-state index contributed by atoms with van der Waals surface area (Å²) in [6, 6.07) is 3.84. The molecule has 0 amide bonds. The van der Waals surface area contributed by atoms with Crippen molar-refractivity contribution in [3.05, 3.63) is 26.7 Å². The topological polar surface area (TPSA) is 35.2 Å². The summed E-state index contributed by atoms with van der Waals surface area (Å²) in [6.45, 7) is 0. The van der Waals surface area contributed by atoms with Gasteiger partial charge in [-0.2, -0.15) is 0 Å². The smallest absolute Gasteiger partial charge is 0.139 e. The molecule has 0 radical (unpaired) electrons. The van der Waals surface area contributed by atoms with E-state index in [0.29, 0.717) is 15.8 Å². The maximum absolute atomic E-state index is 6.35. The molecule has 0 bridgehead atoms. The first-order valence-corrected chi connectivity index (χ1v) is 9.14. The molecular formula is C16H20BrCl2NO. The molecule has 3 rings (SSSR count). The highest BCUT2D eigenvalue weighted by atomic mass is 79.9. The number of rotatable bonds is 2. The molecule has 21 heavy (non-hydrogen) atoms. The van der Waals surface area contributed by atoms with Gasteiger partial charge in [-0.05, 0) is 34.8 Å². The van der Waals surface area contributed by atoms with Crippen LogP contribution in [0.2, 0.25) is 10.0 Å². The second-order valence-corrected chi connectivity index (χ2v) is 7.96. The molecule has 2 saturated carbocycles. The molecule has 2 fully saturated rings. The van der Waals surface area contributed by atoms with Crippen LogP contribution in [0.3, 0.4) is 0 Å². The van der Waals surface area contributed by atoms with Gasteiger partial charge in [0.15, 0.2) is 0 Å². The van der Waals surface area contributed by atoms with Gasteiger partial charge in [0.05, 0.1) is 10.0 Å². The van der Waals surface area contributed by atoms with Crippen molar-refractivity contribution >= 4 is 39.1 Å². The van der Waals surface area contributed by atoms with Gasteiger partial charge in [-0.25, -0.2) is 0 Å². The van der Waals surface area contributed by atoms with E-state index >= 15 is 0 Å². The van der Waals surface area contributed by atoms with Gasteiger partial charge in [0.25, 0.3) is 0 Å². The number of hydrogen-bond acceptors (Lipinski definition) is 2. The van der Waals surface area contributed by atoms with Crippen LogP contribution < -0.4 is 10.5 Å². The predicted molar refractivity (Wildman–Crippen MR) is 91.3 cm³/mol. The molecule has 2 aliphatic rings. The number of benzene rings is 1. The minimum absolute atomic E-state index is 0.138. The number of halogens is 3. The summed E-state index contributed by atoms with van der Waals surface area (Å²) in [5.41, 5.74) is 6.49. The molecule has 0 saturated heterocycles. The molecule has 0 aliphatic heterocycles. The molecule has 2 nitrogen and oxygen atoms in total. The highest BCUT2D eigenvalue weighted by molar-refractivity contribution is 9.10. The summed E-state index contributed by atoms with van der Waals surface area (Å²) in [5.74, 6) is 0.672. The normalized spacial score (nSPS) is 28.0. The van der Waals surface area contributed by atoms with E-state index in [1.807, 2.05) is 0 Å². The summed E-state index contributed by atoms with van der Waals surface area (Å²) in [7, 11) is 0. The fraction of sp³-hybridized carbons (Fsp3) is 0.625. The quantitative estimate of drug-likeness (QED) is 0.667. The van der Waals surface area contributed by atoms with Crippen LogP contribution in [0.15, 0.2) is 16.6 Å². The molecule has 116 valence electrons. The number of nitrogens with two attached hydrogens (primary N) is 1. The van der Waals surface area contributed by atoms with Crippen LogP contribution in [0, 0.1) is 5.41 Å². The molecule has 2 N–H and O–H groups in total. The third-order valence-corrected chi connectivity index (χ3v) is 6.62. The predicted octanol–water partition coefficient (Wildman–Crippen LogP) is 5.57. The van der Waals surface area contributed by atoms with Gasteiger partial charge in [-0.3, -0.25) is 0 Å². The van der Waals surface area contributed by atoms with Crippen LogP contribution in [-0.4, -0.2) is 12.1 Å². The standard InChI is InChI=1S/C16H20BrCl2NO/c17-10-7-12(19)13(8-11(10)18)21-15-9-14(20)16(15)5-3-1-2-4-6-16/h7-8,14-15H,1-6,9,20H2. The van der Waals surface area contributed by atoms with Crippen molar-refractivity contribution in [3.8, 4) is 5.75 Å². The van der Waals surface area contributed by atoms with Gasteiger partial charge in [-0.1, -0.05) is 48.9 Å². The Morgan fingerprint density at radius 3 is 2.38 bits per heavy atom. The lowest BCUT2D eigenvalue weighted by atomic mass is 9.58. The van der Waals surface area contributed by atoms with Crippen molar-refractivity contribution in [2.45, 2.75) is 57.1 Å². The lowest BCUT2D eigenvalue weighted by Gasteiger charge is -2.54. The molecule has 2 unspecified atom stereocenters. The second kappa shape index (κ2) is 6.27. The molecule has 1 aromatic rings. The Labute approximate surface area is 144 Å². The lowest BCUT2D eigenvalue weighted by Crippen LogP contribution is -2.63. The van der Waals surface area contributed by atoms with Crippen LogP contribution in [-0.2, 0) is 0 Å². The van der Waals surface area contributed by atoms with E-state index in [1.54, 1.807) is 12.1 Å². The Morgan fingerprint density at radius 2 is 1.76 bits per heavy atom. The minimum atomic E-state index is 0.138. The van der Waals surface area contributed by atoms with E-state index in [4.69, 9.17) is 33.7 Å². The van der Waals surface area contributed by atoms with Crippen LogP contribution in [0.4, 0.5) is 0 Å². The fourth-order valence-corrected chi connectivity index (χ4v) is 4.61. The SMILES string of the molecule is NC1CC(Oc2cc(Cl)c(Br)cc2Cl)C12CCCCCC2. The molecule has 1 aromatic carbocycles. The Hall–Kier alpha value is 0.0400. The Bertz CT molecular complexity index is 529. The lowest BCUT2D eigenvalue weighted by molar-refractivity contribution is -0.0769. The zero-order valence-electron chi connectivity index (χ0n) is 11.9. The third kappa shape index (κ3) is 2.95. The first-order chi connectivity index (χ1) is 10.0. The first kappa shape index (κ1) is 15.9. The Balaban J connectivity index is 1.80. The van der Waals surface area contributed by atoms with Crippen molar-refractivity contribution in [2.75, 3.05) is 0 Å². The summed E-state index contributed by atoms with van der Waals surface area (Å²) >= 11 is 15.8. The van der Waals surface area contributed by atoms with Crippen LogP contribution in [0.25, 0.3) is 0 Å². The minimum Gasteiger partial charge on any atom is -0.488 e. The molecule has 2 atom stereocenters. The van der Waals surface area contributed by atoms with Crippen LogP contribution in [0.5, 0.6) is 5.75 Å². The van der Waals surface area contributed by atoms with Gasteiger partial charge in [-0.15, -0.1) is 0 Å². The molecule has 5 heteroatoms. The Kier molecular flexibility index (Phi) is 4.75. The summed E-state index contributed by atoms with van der Waals surface area (Å²) in [6.07, 6.45) is 8.54. The van der Waals surface area contributed by atoms with Crippen molar-refractivity contribution < 1.29 is 4.74 Å². The molecular weight excluding hydrogens is 373 g/mol. The third-order valence-electron chi connectivity index (χ3n) is 5.13. The van der Waals surface area contributed by atoms with Crippen molar-refractivity contribution in [1.82, 2.24) is 0 Å². The monoisotopic (exact) mass is 391 g/mol. The molecule has 0 aromatic heterocycles.